The van der Waals surface area contributed by atoms with Gasteiger partial charge in [0.15, 0.2) is 0 Å². The van der Waals surface area contributed by atoms with E-state index in [1.807, 2.05) is 0 Å². The van der Waals surface area contributed by atoms with Gasteiger partial charge in [0.2, 0.25) is 0 Å². The first-order chi connectivity index (χ1) is 4.43. The second kappa shape index (κ2) is 3.49. The summed E-state index contributed by atoms with van der Waals surface area (Å²) in [6, 6.07) is 0. The molecule has 1 rings (SSSR count). The first-order valence-electron chi connectivity index (χ1n) is 3.78. The molecular formula is C9H14. The van der Waals surface area contributed by atoms with Gasteiger partial charge in [-0.05, 0) is 12.3 Å². The minimum Gasteiger partial charge on any atom is -0.0776 e. The third-order valence-electron chi connectivity index (χ3n) is 1.72. The van der Waals surface area contributed by atoms with E-state index < -0.39 is 0 Å². The fourth-order valence-electron chi connectivity index (χ4n) is 1.11. The van der Waals surface area contributed by atoms with Crippen LogP contribution in [0, 0.1) is 5.92 Å². The van der Waals surface area contributed by atoms with Crippen LogP contribution in [0.2, 0.25) is 0 Å². The Morgan fingerprint density at radius 3 is 2.44 bits per heavy atom. The lowest BCUT2D eigenvalue weighted by molar-refractivity contribution is 0.647. The average molecular weight is 122 g/mol. The fraction of sp³-hybridized carbons (Fsp3) is 0.556. The molecule has 9 heavy (non-hydrogen) atoms. The Bertz CT molecular complexity index is 108. The average Bonchev–Trinajstić information content (AvgIpc) is 2.34. The van der Waals surface area contributed by atoms with Crippen molar-refractivity contribution in [3.05, 3.63) is 24.3 Å². The highest BCUT2D eigenvalue weighted by Crippen LogP contribution is 2.15. The number of hydrogen-bond donors (Lipinski definition) is 0. The van der Waals surface area contributed by atoms with Crippen LogP contribution < -0.4 is 0 Å². The molecule has 0 aliphatic heterocycles. The monoisotopic (exact) mass is 122 g/mol. The highest BCUT2D eigenvalue weighted by molar-refractivity contribution is 5.17. The summed E-state index contributed by atoms with van der Waals surface area (Å²) in [5.74, 6) is 0.755. The Morgan fingerprint density at radius 2 is 1.89 bits per heavy atom. The molecule has 1 aliphatic rings. The van der Waals surface area contributed by atoms with E-state index in [2.05, 4.69) is 31.2 Å². The second-order valence-corrected chi connectivity index (χ2v) is 2.58. The van der Waals surface area contributed by atoms with Crippen molar-refractivity contribution in [2.45, 2.75) is 26.2 Å². The Hall–Kier alpha value is -0.520. The normalized spacial score (nSPS) is 17.4. The highest BCUT2D eigenvalue weighted by Gasteiger charge is 2.00. The van der Waals surface area contributed by atoms with Crippen LogP contribution in [-0.4, -0.2) is 0 Å². The van der Waals surface area contributed by atoms with Gasteiger partial charge in [-0.15, -0.1) is 0 Å². The lowest BCUT2D eigenvalue weighted by Gasteiger charge is -2.00. The molecule has 0 amide bonds. The number of rotatable bonds is 3. The maximum atomic E-state index is 2.27. The summed E-state index contributed by atoms with van der Waals surface area (Å²) >= 11 is 0. The van der Waals surface area contributed by atoms with Crippen molar-refractivity contribution in [1.82, 2.24) is 0 Å². The molecule has 0 N–H and O–H groups in total. The SMILES string of the molecule is CCCCC1C=CC=C1. The molecule has 0 aromatic rings. The number of unbranched alkanes of at least 4 members (excludes halogenated alkanes) is 1. The van der Waals surface area contributed by atoms with E-state index in [1.165, 1.54) is 19.3 Å². The lowest BCUT2D eigenvalue weighted by atomic mass is 10.0. The highest BCUT2D eigenvalue weighted by atomic mass is 14.1. The fourth-order valence-corrected chi connectivity index (χ4v) is 1.11. The molecule has 0 spiro atoms. The van der Waals surface area contributed by atoms with Crippen molar-refractivity contribution in [2.75, 3.05) is 0 Å². The van der Waals surface area contributed by atoms with Gasteiger partial charge in [0.25, 0.3) is 0 Å². The summed E-state index contributed by atoms with van der Waals surface area (Å²) < 4.78 is 0. The summed E-state index contributed by atoms with van der Waals surface area (Å²) in [4.78, 5) is 0. The summed E-state index contributed by atoms with van der Waals surface area (Å²) in [7, 11) is 0. The van der Waals surface area contributed by atoms with Gasteiger partial charge in [0.1, 0.15) is 0 Å². The summed E-state index contributed by atoms with van der Waals surface area (Å²) in [5.41, 5.74) is 0. The second-order valence-electron chi connectivity index (χ2n) is 2.58. The molecule has 0 fully saturated rings. The topological polar surface area (TPSA) is 0 Å². The lowest BCUT2D eigenvalue weighted by Crippen LogP contribution is -1.86. The van der Waals surface area contributed by atoms with Gasteiger partial charge in [-0.1, -0.05) is 44.1 Å². The minimum absolute atomic E-state index is 0.755. The number of hydrogen-bond acceptors (Lipinski definition) is 0. The van der Waals surface area contributed by atoms with Gasteiger partial charge in [0.05, 0.1) is 0 Å². The van der Waals surface area contributed by atoms with Crippen LogP contribution in [0.4, 0.5) is 0 Å². The van der Waals surface area contributed by atoms with Crippen molar-refractivity contribution in [1.29, 1.82) is 0 Å². The van der Waals surface area contributed by atoms with Crippen LogP contribution in [0.5, 0.6) is 0 Å². The van der Waals surface area contributed by atoms with Crippen LogP contribution in [-0.2, 0) is 0 Å². The van der Waals surface area contributed by atoms with E-state index in [-0.39, 0.29) is 0 Å². The Kier molecular flexibility index (Phi) is 2.56. The molecule has 1 aliphatic carbocycles. The van der Waals surface area contributed by atoms with Gasteiger partial charge < -0.3 is 0 Å². The van der Waals surface area contributed by atoms with Crippen molar-refractivity contribution in [3.8, 4) is 0 Å². The van der Waals surface area contributed by atoms with Gasteiger partial charge in [-0.3, -0.25) is 0 Å². The maximum absolute atomic E-state index is 2.27. The van der Waals surface area contributed by atoms with E-state index in [4.69, 9.17) is 0 Å². The van der Waals surface area contributed by atoms with Crippen molar-refractivity contribution >= 4 is 0 Å². The van der Waals surface area contributed by atoms with Crippen LogP contribution in [0.25, 0.3) is 0 Å². The Balaban J connectivity index is 2.13. The van der Waals surface area contributed by atoms with E-state index in [0.29, 0.717) is 0 Å². The van der Waals surface area contributed by atoms with E-state index in [1.54, 1.807) is 0 Å². The molecule has 0 saturated heterocycles. The molecule has 0 aromatic heterocycles. The third kappa shape index (κ3) is 2.05. The van der Waals surface area contributed by atoms with Gasteiger partial charge >= 0.3 is 0 Å². The Morgan fingerprint density at radius 1 is 1.22 bits per heavy atom. The van der Waals surface area contributed by atoms with Crippen molar-refractivity contribution in [3.63, 3.8) is 0 Å². The zero-order valence-corrected chi connectivity index (χ0v) is 6.01. The molecule has 0 atom stereocenters. The summed E-state index contributed by atoms with van der Waals surface area (Å²) in [6.07, 6.45) is 12.8. The molecular weight excluding hydrogens is 108 g/mol. The molecule has 0 radical (unpaired) electrons. The zero-order chi connectivity index (χ0) is 6.53. The smallest absolute Gasteiger partial charge is 0.00473 e. The van der Waals surface area contributed by atoms with Crippen LogP contribution in [0.1, 0.15) is 26.2 Å². The summed E-state index contributed by atoms with van der Waals surface area (Å²) in [5, 5.41) is 0. The maximum Gasteiger partial charge on any atom is -0.00473 e. The van der Waals surface area contributed by atoms with Gasteiger partial charge in [0, 0.05) is 0 Å². The molecule has 0 nitrogen and oxygen atoms in total. The molecule has 0 aromatic carbocycles. The molecule has 0 heterocycles. The predicted octanol–water partition coefficient (Wildman–Crippen LogP) is 2.92. The van der Waals surface area contributed by atoms with Gasteiger partial charge in [-0.2, -0.15) is 0 Å². The van der Waals surface area contributed by atoms with Crippen LogP contribution in [0.15, 0.2) is 24.3 Å². The van der Waals surface area contributed by atoms with E-state index in [0.717, 1.165) is 5.92 Å². The van der Waals surface area contributed by atoms with Crippen molar-refractivity contribution in [2.24, 2.45) is 5.92 Å². The molecule has 50 valence electrons. The molecule has 0 saturated carbocycles. The first-order valence-corrected chi connectivity index (χ1v) is 3.78. The molecule has 0 heteroatoms. The molecule has 0 unspecified atom stereocenters. The predicted molar refractivity (Wildman–Crippen MR) is 41.3 cm³/mol. The number of allylic oxidation sites excluding steroid dienone is 4. The van der Waals surface area contributed by atoms with Crippen molar-refractivity contribution < 1.29 is 0 Å². The van der Waals surface area contributed by atoms with Gasteiger partial charge in [-0.25, -0.2) is 0 Å². The first kappa shape index (κ1) is 6.60. The quantitative estimate of drug-likeness (QED) is 0.540. The van der Waals surface area contributed by atoms with E-state index >= 15 is 0 Å². The van der Waals surface area contributed by atoms with E-state index in [9.17, 15) is 0 Å². The Labute approximate surface area is 57.3 Å². The van der Waals surface area contributed by atoms with Crippen LogP contribution >= 0.6 is 0 Å². The minimum atomic E-state index is 0.755. The summed E-state index contributed by atoms with van der Waals surface area (Å²) in [6.45, 7) is 2.24. The largest absolute Gasteiger partial charge is 0.0776 e. The standard InChI is InChI=1S/C9H14/c1-2-3-6-9-7-4-5-8-9/h4-5,7-9H,2-3,6H2,1H3. The van der Waals surface area contributed by atoms with Crippen LogP contribution in [0.3, 0.4) is 0 Å². The molecule has 0 bridgehead atoms. The third-order valence-corrected chi connectivity index (χ3v) is 1.72. The zero-order valence-electron chi connectivity index (χ0n) is 6.01.